The van der Waals surface area contributed by atoms with Crippen LogP contribution in [-0.2, 0) is 14.8 Å². The van der Waals surface area contributed by atoms with Crippen molar-refractivity contribution in [2.75, 3.05) is 37.0 Å². The van der Waals surface area contributed by atoms with E-state index in [0.29, 0.717) is 23.4 Å². The van der Waals surface area contributed by atoms with E-state index in [-0.39, 0.29) is 17.3 Å². The van der Waals surface area contributed by atoms with Crippen LogP contribution in [0.2, 0.25) is 0 Å². The number of sulfonamides is 1. The van der Waals surface area contributed by atoms with Crippen molar-refractivity contribution in [2.45, 2.75) is 24.2 Å². The average molecular weight is 418 g/mol. The van der Waals surface area contributed by atoms with E-state index >= 15 is 0 Å². The molecule has 0 bridgehead atoms. The number of nitrogens with zero attached hydrogens (tertiary/aromatic N) is 2. The Morgan fingerprint density at radius 2 is 1.83 bits per heavy atom. The zero-order valence-electron chi connectivity index (χ0n) is 16.1. The van der Waals surface area contributed by atoms with Gasteiger partial charge in [0, 0.05) is 17.7 Å². The van der Waals surface area contributed by atoms with Crippen LogP contribution in [-0.4, -0.2) is 51.9 Å². The Hall–Kier alpha value is -2.45. The Morgan fingerprint density at radius 3 is 2.62 bits per heavy atom. The summed E-state index contributed by atoms with van der Waals surface area (Å²) >= 11 is 0. The van der Waals surface area contributed by atoms with Gasteiger partial charge in [0.05, 0.1) is 10.6 Å². The largest absolute Gasteiger partial charge is 0.354 e. The van der Waals surface area contributed by atoms with Crippen molar-refractivity contribution in [3.63, 3.8) is 0 Å². The Bertz CT molecular complexity index is 1020. The van der Waals surface area contributed by atoms with Crippen LogP contribution in [0.4, 0.5) is 10.1 Å². The van der Waals surface area contributed by atoms with Gasteiger partial charge in [0.25, 0.3) is 10.0 Å². The summed E-state index contributed by atoms with van der Waals surface area (Å²) in [4.78, 5) is 14.9. The number of nitrogens with one attached hydrogen (secondary N) is 1. The summed E-state index contributed by atoms with van der Waals surface area (Å²) in [6.07, 6.45) is 3.27. The van der Waals surface area contributed by atoms with Gasteiger partial charge in [-0.1, -0.05) is 18.2 Å². The number of benzene rings is 2. The van der Waals surface area contributed by atoms with Gasteiger partial charge >= 0.3 is 0 Å². The third-order valence-corrected chi connectivity index (χ3v) is 7.25. The number of carbonyl (C=O) groups is 1. The standard InChI is InChI=1S/C21H24FN3O3S/c22-16-8-9-19-18(14-16)17-6-1-2-7-20(17)29(27,28)25(19)15-21(26)23-10-5-13-24-11-3-4-12-24/h1-2,6-9,14H,3-5,10-13,15H2,(H,23,26). The van der Waals surface area contributed by atoms with Crippen molar-refractivity contribution >= 4 is 21.6 Å². The number of anilines is 1. The molecule has 0 aromatic heterocycles. The van der Waals surface area contributed by atoms with Gasteiger partial charge in [0.1, 0.15) is 12.4 Å². The van der Waals surface area contributed by atoms with Gasteiger partial charge in [-0.15, -0.1) is 0 Å². The molecule has 2 heterocycles. The molecular weight excluding hydrogens is 393 g/mol. The van der Waals surface area contributed by atoms with Gasteiger partial charge in [0.2, 0.25) is 5.91 Å². The second-order valence-corrected chi connectivity index (χ2v) is 9.25. The highest BCUT2D eigenvalue weighted by Gasteiger charge is 2.35. The van der Waals surface area contributed by atoms with E-state index in [1.165, 1.54) is 37.1 Å². The smallest absolute Gasteiger partial charge is 0.265 e. The van der Waals surface area contributed by atoms with Gasteiger partial charge < -0.3 is 10.2 Å². The van der Waals surface area contributed by atoms with Crippen LogP contribution >= 0.6 is 0 Å². The molecule has 6 nitrogen and oxygen atoms in total. The Kier molecular flexibility index (Phi) is 5.56. The molecule has 2 aliphatic rings. The number of hydrogen-bond donors (Lipinski definition) is 1. The number of fused-ring (bicyclic) bond motifs is 3. The summed E-state index contributed by atoms with van der Waals surface area (Å²) in [6, 6.07) is 10.4. The van der Waals surface area contributed by atoms with Crippen molar-refractivity contribution in [3.8, 4) is 11.1 Å². The molecule has 2 aromatic carbocycles. The molecule has 154 valence electrons. The fourth-order valence-electron chi connectivity index (χ4n) is 4.00. The maximum absolute atomic E-state index is 13.9. The number of amides is 1. The molecule has 1 N–H and O–H groups in total. The predicted molar refractivity (Wildman–Crippen MR) is 110 cm³/mol. The average Bonchev–Trinajstić information content (AvgIpc) is 3.22. The van der Waals surface area contributed by atoms with Crippen LogP contribution in [0.15, 0.2) is 47.4 Å². The minimum Gasteiger partial charge on any atom is -0.354 e. The summed E-state index contributed by atoms with van der Waals surface area (Å²) in [5, 5.41) is 2.81. The molecule has 0 saturated carbocycles. The lowest BCUT2D eigenvalue weighted by atomic mass is 10.0. The molecule has 0 aliphatic carbocycles. The zero-order valence-corrected chi connectivity index (χ0v) is 16.9. The summed E-state index contributed by atoms with van der Waals surface area (Å²) in [7, 11) is -3.91. The first kappa shape index (κ1) is 19.8. The molecule has 1 amide bonds. The lowest BCUT2D eigenvalue weighted by Crippen LogP contribution is -2.43. The fraction of sp³-hybridized carbons (Fsp3) is 0.381. The predicted octanol–water partition coefficient (Wildman–Crippen LogP) is 2.60. The quantitative estimate of drug-likeness (QED) is 0.734. The molecule has 0 atom stereocenters. The topological polar surface area (TPSA) is 69.7 Å². The molecule has 1 saturated heterocycles. The van der Waals surface area contributed by atoms with E-state index in [4.69, 9.17) is 0 Å². The Morgan fingerprint density at radius 1 is 1.07 bits per heavy atom. The SMILES string of the molecule is O=C(CN1c2ccc(F)cc2-c2ccccc2S1(=O)=O)NCCCN1CCCC1. The molecule has 0 radical (unpaired) electrons. The second-order valence-electron chi connectivity index (χ2n) is 7.42. The molecule has 0 spiro atoms. The second kappa shape index (κ2) is 8.12. The van der Waals surface area contributed by atoms with Gasteiger partial charge in [-0.05, 0) is 63.2 Å². The van der Waals surface area contributed by atoms with E-state index < -0.39 is 15.8 Å². The third-order valence-electron chi connectivity index (χ3n) is 5.43. The molecule has 29 heavy (non-hydrogen) atoms. The summed E-state index contributed by atoms with van der Waals surface area (Å²) in [5.74, 6) is -0.825. The monoisotopic (exact) mass is 417 g/mol. The van der Waals surface area contributed by atoms with E-state index in [1.807, 2.05) is 0 Å². The van der Waals surface area contributed by atoms with Crippen LogP contribution in [0, 0.1) is 5.82 Å². The lowest BCUT2D eigenvalue weighted by molar-refractivity contribution is -0.119. The van der Waals surface area contributed by atoms with Crippen LogP contribution in [0.25, 0.3) is 11.1 Å². The minimum absolute atomic E-state index is 0.0833. The van der Waals surface area contributed by atoms with E-state index in [9.17, 15) is 17.6 Å². The highest BCUT2D eigenvalue weighted by Crippen LogP contribution is 2.42. The van der Waals surface area contributed by atoms with E-state index in [1.54, 1.807) is 18.2 Å². The summed E-state index contributed by atoms with van der Waals surface area (Å²) < 4.78 is 41.2. The Balaban J connectivity index is 1.50. The maximum atomic E-state index is 13.9. The van der Waals surface area contributed by atoms with Crippen LogP contribution < -0.4 is 9.62 Å². The van der Waals surface area contributed by atoms with Gasteiger partial charge in [-0.25, -0.2) is 12.8 Å². The van der Waals surface area contributed by atoms with Crippen LogP contribution in [0.3, 0.4) is 0 Å². The van der Waals surface area contributed by atoms with Crippen molar-refractivity contribution < 1.29 is 17.6 Å². The van der Waals surface area contributed by atoms with Gasteiger partial charge in [-0.2, -0.15) is 0 Å². The van der Waals surface area contributed by atoms with E-state index in [0.717, 1.165) is 30.4 Å². The molecule has 8 heteroatoms. The van der Waals surface area contributed by atoms with Gasteiger partial charge in [-0.3, -0.25) is 9.10 Å². The highest BCUT2D eigenvalue weighted by molar-refractivity contribution is 7.93. The molecule has 4 rings (SSSR count). The molecule has 1 fully saturated rings. The first-order valence-electron chi connectivity index (χ1n) is 9.87. The minimum atomic E-state index is -3.91. The van der Waals surface area contributed by atoms with E-state index in [2.05, 4.69) is 10.2 Å². The number of halogens is 1. The summed E-state index contributed by atoms with van der Waals surface area (Å²) in [5.41, 5.74) is 1.24. The number of rotatable bonds is 6. The Labute approximate surface area is 170 Å². The van der Waals surface area contributed by atoms with Crippen molar-refractivity contribution in [3.05, 3.63) is 48.3 Å². The lowest BCUT2D eigenvalue weighted by Gasteiger charge is -2.31. The van der Waals surface area contributed by atoms with Crippen molar-refractivity contribution in [1.29, 1.82) is 0 Å². The molecular formula is C21H24FN3O3S. The normalized spacial score (nSPS) is 17.6. The van der Waals surface area contributed by atoms with Crippen molar-refractivity contribution in [2.24, 2.45) is 0 Å². The first-order chi connectivity index (χ1) is 14.0. The number of likely N-dealkylation sites (tertiary alicyclic amines) is 1. The van der Waals surface area contributed by atoms with Crippen LogP contribution in [0.1, 0.15) is 19.3 Å². The molecule has 2 aromatic rings. The zero-order chi connectivity index (χ0) is 20.4. The first-order valence-corrected chi connectivity index (χ1v) is 11.3. The van der Waals surface area contributed by atoms with Crippen molar-refractivity contribution in [1.82, 2.24) is 10.2 Å². The summed E-state index contributed by atoms with van der Waals surface area (Å²) in [6.45, 7) is 3.30. The highest BCUT2D eigenvalue weighted by atomic mass is 32.2. The molecule has 0 unspecified atom stereocenters. The van der Waals surface area contributed by atoms with Crippen LogP contribution in [0.5, 0.6) is 0 Å². The number of carbonyl (C=O) groups excluding carboxylic acids is 1. The maximum Gasteiger partial charge on any atom is 0.265 e. The fourth-order valence-corrected chi connectivity index (χ4v) is 5.65. The number of hydrogen-bond acceptors (Lipinski definition) is 4. The van der Waals surface area contributed by atoms with Gasteiger partial charge in [0.15, 0.2) is 0 Å². The molecule has 2 aliphatic heterocycles. The third kappa shape index (κ3) is 4.00.